The summed E-state index contributed by atoms with van der Waals surface area (Å²) >= 11 is 3.51. The number of nitrogens with zero attached hydrogens (tertiary/aromatic N) is 1. The molecule has 1 aromatic rings. The first-order valence-electron chi connectivity index (χ1n) is 7.59. The lowest BCUT2D eigenvalue weighted by Gasteiger charge is -2.31. The maximum absolute atomic E-state index is 13.7. The molecule has 0 amide bonds. The van der Waals surface area contributed by atoms with Crippen molar-refractivity contribution in [1.82, 2.24) is 5.32 Å². The molecule has 1 aromatic carbocycles. The van der Waals surface area contributed by atoms with Gasteiger partial charge in [0.05, 0.1) is 10.5 Å². The molecule has 0 fully saturated rings. The molecule has 1 heterocycles. The van der Waals surface area contributed by atoms with Gasteiger partial charge in [-0.05, 0) is 6.07 Å². The van der Waals surface area contributed by atoms with Gasteiger partial charge in [0, 0.05) is 5.56 Å². The van der Waals surface area contributed by atoms with Crippen LogP contribution in [-0.2, 0) is 6.18 Å². The summed E-state index contributed by atoms with van der Waals surface area (Å²) in [5.74, 6) is -3.72. The SMILES string of the molecule is FC(=C1SC(NC(=S)c2ccccc2C(F)(F)F)=NC1(C(F)(F)F)C(F)(F)F)C(F)(F)F. The number of hydrogen-bond donors (Lipinski definition) is 1. The van der Waals surface area contributed by atoms with E-state index in [2.05, 4.69) is 17.2 Å². The summed E-state index contributed by atoms with van der Waals surface area (Å²) in [7, 11) is 0. The smallest absolute Gasteiger partial charge is 0.325 e. The fourth-order valence-corrected chi connectivity index (χ4v) is 3.92. The monoisotopic (exact) mass is 524 g/mol. The summed E-state index contributed by atoms with van der Waals surface area (Å²) in [6, 6.07) is 3.07. The van der Waals surface area contributed by atoms with Crippen molar-refractivity contribution in [2.45, 2.75) is 30.2 Å². The Balaban J connectivity index is 2.64. The summed E-state index contributed by atoms with van der Waals surface area (Å²) in [4.78, 5) is -1.83. The maximum Gasteiger partial charge on any atom is 0.443 e. The molecule has 0 saturated heterocycles. The Labute approximate surface area is 178 Å². The van der Waals surface area contributed by atoms with Crippen LogP contribution >= 0.6 is 24.0 Å². The predicted molar refractivity (Wildman–Crippen MR) is 90.3 cm³/mol. The summed E-state index contributed by atoms with van der Waals surface area (Å²) < 4.78 is 171. The average Bonchev–Trinajstić information content (AvgIpc) is 2.99. The quantitative estimate of drug-likeness (QED) is 0.328. The third-order valence-electron chi connectivity index (χ3n) is 3.76. The van der Waals surface area contributed by atoms with Gasteiger partial charge in [0.1, 0.15) is 4.99 Å². The molecule has 32 heavy (non-hydrogen) atoms. The highest BCUT2D eigenvalue weighted by atomic mass is 32.2. The van der Waals surface area contributed by atoms with E-state index in [0.29, 0.717) is 12.1 Å². The van der Waals surface area contributed by atoms with Crippen LogP contribution in [0.1, 0.15) is 11.1 Å². The third-order valence-corrected chi connectivity index (χ3v) is 5.15. The van der Waals surface area contributed by atoms with Crippen molar-refractivity contribution in [1.29, 1.82) is 0 Å². The molecule has 178 valence electrons. The van der Waals surface area contributed by atoms with Gasteiger partial charge in [-0.15, -0.1) is 0 Å². The number of hydrogen-bond acceptors (Lipinski definition) is 3. The van der Waals surface area contributed by atoms with Gasteiger partial charge < -0.3 is 5.32 Å². The first kappa shape index (κ1) is 26.2. The van der Waals surface area contributed by atoms with Gasteiger partial charge in [-0.3, -0.25) is 0 Å². The minimum absolute atomic E-state index is 0.483. The lowest BCUT2D eigenvalue weighted by Crippen LogP contribution is -2.55. The van der Waals surface area contributed by atoms with Crippen LogP contribution < -0.4 is 5.32 Å². The highest BCUT2D eigenvalue weighted by molar-refractivity contribution is 8.17. The van der Waals surface area contributed by atoms with E-state index in [1.807, 2.05) is 0 Å². The number of amidine groups is 1. The van der Waals surface area contributed by atoms with Crippen molar-refractivity contribution in [2.75, 3.05) is 0 Å². The zero-order chi connectivity index (χ0) is 24.9. The first-order valence-corrected chi connectivity index (χ1v) is 8.82. The Morgan fingerprint density at radius 1 is 0.875 bits per heavy atom. The van der Waals surface area contributed by atoms with E-state index in [4.69, 9.17) is 0 Å². The molecule has 2 rings (SSSR count). The number of rotatable bonds is 1. The number of aliphatic imine (C=N–C) groups is 1. The molecule has 2 nitrogen and oxygen atoms in total. The van der Waals surface area contributed by atoms with Gasteiger partial charge in [0.2, 0.25) is 5.83 Å². The van der Waals surface area contributed by atoms with E-state index >= 15 is 0 Å². The van der Waals surface area contributed by atoms with Crippen molar-refractivity contribution in [3.8, 4) is 0 Å². The molecule has 0 radical (unpaired) electrons. The summed E-state index contributed by atoms with van der Waals surface area (Å²) in [5.41, 5.74) is -8.03. The molecule has 0 bridgehead atoms. The largest absolute Gasteiger partial charge is 0.443 e. The highest BCUT2D eigenvalue weighted by Gasteiger charge is 2.77. The summed E-state index contributed by atoms with van der Waals surface area (Å²) in [6.07, 6.45) is -24.5. The Morgan fingerprint density at radius 2 is 1.38 bits per heavy atom. The van der Waals surface area contributed by atoms with Crippen LogP contribution in [0.5, 0.6) is 0 Å². The molecule has 0 unspecified atom stereocenters. The minimum atomic E-state index is -6.61. The number of alkyl halides is 12. The second-order valence-electron chi connectivity index (χ2n) is 5.86. The van der Waals surface area contributed by atoms with Gasteiger partial charge >= 0.3 is 24.7 Å². The van der Waals surface area contributed by atoms with Gasteiger partial charge in [-0.1, -0.05) is 42.2 Å². The van der Waals surface area contributed by atoms with Crippen LogP contribution in [0.15, 0.2) is 40.0 Å². The lowest BCUT2D eigenvalue weighted by atomic mass is 9.97. The number of allylic oxidation sites excluding steroid dienone is 1. The maximum atomic E-state index is 13.7. The van der Waals surface area contributed by atoms with Gasteiger partial charge in [-0.2, -0.15) is 52.7 Å². The average molecular weight is 524 g/mol. The van der Waals surface area contributed by atoms with Crippen LogP contribution in [0, 0.1) is 0 Å². The van der Waals surface area contributed by atoms with E-state index in [1.165, 1.54) is 5.32 Å². The Kier molecular flexibility index (Phi) is 6.61. The number of nitrogens with one attached hydrogen (secondary N) is 1. The molecular formula is C15H5F13N2S2. The second kappa shape index (κ2) is 8.07. The molecule has 1 N–H and O–H groups in total. The Bertz CT molecular complexity index is 953. The molecule has 17 heteroatoms. The summed E-state index contributed by atoms with van der Waals surface area (Å²) in [6.45, 7) is 0. The molecule has 0 atom stereocenters. The zero-order valence-corrected chi connectivity index (χ0v) is 16.1. The van der Waals surface area contributed by atoms with E-state index in [-0.39, 0.29) is 0 Å². The van der Waals surface area contributed by atoms with Crippen molar-refractivity contribution in [2.24, 2.45) is 4.99 Å². The zero-order valence-electron chi connectivity index (χ0n) is 14.5. The fraction of sp³-hybridized carbons (Fsp3) is 0.333. The molecule has 0 aromatic heterocycles. The Morgan fingerprint density at radius 3 is 1.81 bits per heavy atom. The van der Waals surface area contributed by atoms with Crippen LogP contribution in [0.4, 0.5) is 57.1 Å². The van der Waals surface area contributed by atoms with Crippen molar-refractivity contribution in [3.05, 3.63) is 46.1 Å². The highest BCUT2D eigenvalue weighted by Crippen LogP contribution is 2.59. The van der Waals surface area contributed by atoms with Crippen LogP contribution in [-0.4, -0.2) is 34.2 Å². The molecule has 0 saturated carbocycles. The normalized spacial score (nSPS) is 19.0. The topological polar surface area (TPSA) is 24.4 Å². The van der Waals surface area contributed by atoms with Crippen molar-refractivity contribution in [3.63, 3.8) is 0 Å². The van der Waals surface area contributed by atoms with Crippen molar-refractivity contribution < 1.29 is 57.1 Å². The van der Waals surface area contributed by atoms with E-state index in [9.17, 15) is 57.1 Å². The summed E-state index contributed by atoms with van der Waals surface area (Å²) in [5, 5.41) is -0.123. The van der Waals surface area contributed by atoms with Gasteiger partial charge in [0.15, 0.2) is 5.17 Å². The lowest BCUT2D eigenvalue weighted by molar-refractivity contribution is -0.280. The standard InChI is InChI=1S/C15H5F13N2S2/c16-7(13(20,21)22)8-11(14(23,24)25,15(26,27)28)30-10(32-8)29-9(31)5-3-1-2-4-6(5)12(17,18)19/h1-4H,(H,29,30,31). The van der Waals surface area contributed by atoms with E-state index < -0.39 is 74.0 Å². The minimum Gasteiger partial charge on any atom is -0.325 e. The van der Waals surface area contributed by atoms with Gasteiger partial charge in [0.25, 0.3) is 5.54 Å². The van der Waals surface area contributed by atoms with Crippen molar-refractivity contribution >= 4 is 34.1 Å². The molecule has 0 aliphatic carbocycles. The number of halogens is 13. The second-order valence-corrected chi connectivity index (χ2v) is 7.27. The predicted octanol–water partition coefficient (Wildman–Crippen LogP) is 6.68. The molecule has 1 aliphatic heterocycles. The van der Waals surface area contributed by atoms with Crippen LogP contribution in [0.25, 0.3) is 0 Å². The van der Waals surface area contributed by atoms with Crippen LogP contribution in [0.3, 0.4) is 0 Å². The third kappa shape index (κ3) is 4.67. The Hall–Kier alpha value is -2.04. The molecule has 1 aliphatic rings. The molecule has 0 spiro atoms. The van der Waals surface area contributed by atoms with E-state index in [0.717, 1.165) is 12.1 Å². The van der Waals surface area contributed by atoms with Gasteiger partial charge in [-0.25, -0.2) is 9.38 Å². The van der Waals surface area contributed by atoms with E-state index in [1.54, 1.807) is 0 Å². The number of thiocarbonyl (C=S) groups is 1. The fourth-order valence-electron chi connectivity index (χ4n) is 2.42. The van der Waals surface area contributed by atoms with Crippen LogP contribution in [0.2, 0.25) is 0 Å². The number of benzene rings is 1. The first-order chi connectivity index (χ1) is 14.2. The number of thioether (sulfide) groups is 1. The molecular weight excluding hydrogens is 519 g/mol.